The van der Waals surface area contributed by atoms with Gasteiger partial charge in [0.25, 0.3) is 15.9 Å². The molecule has 39 heavy (non-hydrogen) atoms. The minimum Gasteiger partial charge on any atom is -0.493 e. The van der Waals surface area contributed by atoms with Crippen LogP contribution in [0.3, 0.4) is 0 Å². The Labute approximate surface area is 224 Å². The summed E-state index contributed by atoms with van der Waals surface area (Å²) in [4.78, 5) is 34.9. The average molecular weight is 558 g/mol. The molecule has 1 aliphatic heterocycles. The number of hydrogen-bond donors (Lipinski definition) is 3. The molecule has 13 heteroatoms. The fraction of sp³-hybridized carbons (Fsp3) is 0.308. The van der Waals surface area contributed by atoms with Crippen LogP contribution < -0.4 is 20.1 Å². The van der Waals surface area contributed by atoms with Crippen LogP contribution in [-0.4, -0.2) is 54.6 Å². The van der Waals surface area contributed by atoms with E-state index in [2.05, 4.69) is 9.97 Å². The van der Waals surface area contributed by atoms with E-state index < -0.39 is 38.8 Å². The molecule has 206 valence electrons. The Morgan fingerprint density at radius 2 is 1.97 bits per heavy atom. The molecule has 1 amide bonds. The molecular formula is C26H28FN5O6S. The van der Waals surface area contributed by atoms with Gasteiger partial charge in [-0.2, -0.15) is 8.42 Å². The number of carboxylic acid groups (broad SMARTS) is 1. The summed E-state index contributed by atoms with van der Waals surface area (Å²) >= 11 is 0. The summed E-state index contributed by atoms with van der Waals surface area (Å²) in [5, 5.41) is 9.29. The molecule has 0 radical (unpaired) electrons. The lowest BCUT2D eigenvalue weighted by Gasteiger charge is -2.25. The van der Waals surface area contributed by atoms with Crippen LogP contribution in [-0.2, 0) is 14.8 Å². The second-order valence-corrected chi connectivity index (χ2v) is 11.1. The van der Waals surface area contributed by atoms with Gasteiger partial charge in [-0.3, -0.25) is 4.79 Å². The predicted octanol–water partition coefficient (Wildman–Crippen LogP) is 3.07. The maximum Gasteiger partial charge on any atom is 0.326 e. The number of nitrogens with zero attached hydrogens (tertiary/aromatic N) is 3. The molecule has 1 unspecified atom stereocenters. The maximum atomic E-state index is 14.4. The van der Waals surface area contributed by atoms with Gasteiger partial charge in [0.1, 0.15) is 29.2 Å². The number of amides is 1. The number of carbonyl (C=O) groups is 2. The zero-order chi connectivity index (χ0) is 28.3. The van der Waals surface area contributed by atoms with Gasteiger partial charge in [-0.15, -0.1) is 0 Å². The number of carbonyl (C=O) groups excluding carboxylic acids is 1. The fourth-order valence-electron chi connectivity index (χ4n) is 4.15. The van der Waals surface area contributed by atoms with E-state index in [9.17, 15) is 27.5 Å². The molecule has 11 nitrogen and oxygen atoms in total. The third-order valence-electron chi connectivity index (χ3n) is 5.93. The number of sulfonamides is 1. The minimum absolute atomic E-state index is 0.0421. The number of benzene rings is 1. The highest BCUT2D eigenvalue weighted by molar-refractivity contribution is 7.90. The van der Waals surface area contributed by atoms with Crippen LogP contribution in [0.25, 0.3) is 11.3 Å². The molecule has 0 spiro atoms. The smallest absolute Gasteiger partial charge is 0.326 e. The molecular weight excluding hydrogens is 529 g/mol. The molecule has 1 aliphatic rings. The summed E-state index contributed by atoms with van der Waals surface area (Å²) in [6, 6.07) is 9.79. The van der Waals surface area contributed by atoms with Crippen LogP contribution in [0.1, 0.15) is 37.0 Å². The van der Waals surface area contributed by atoms with E-state index in [4.69, 9.17) is 10.5 Å². The van der Waals surface area contributed by atoms with Crippen LogP contribution in [0.5, 0.6) is 5.75 Å². The van der Waals surface area contributed by atoms with Gasteiger partial charge in [0.15, 0.2) is 5.03 Å². The summed E-state index contributed by atoms with van der Waals surface area (Å²) in [5.74, 6) is -2.32. The maximum absolute atomic E-state index is 14.4. The van der Waals surface area contributed by atoms with Crippen molar-refractivity contribution >= 4 is 33.5 Å². The highest BCUT2D eigenvalue weighted by Gasteiger charge is 2.35. The Morgan fingerprint density at radius 3 is 2.67 bits per heavy atom. The number of ether oxygens (including phenoxy) is 1. The quantitative estimate of drug-likeness (QED) is 0.356. The van der Waals surface area contributed by atoms with Crippen molar-refractivity contribution in [2.24, 2.45) is 5.92 Å². The number of nitrogens with two attached hydrogens (primary N) is 1. The van der Waals surface area contributed by atoms with E-state index in [1.807, 2.05) is 18.6 Å². The molecule has 0 aliphatic carbocycles. The van der Waals surface area contributed by atoms with Crippen molar-refractivity contribution in [3.63, 3.8) is 0 Å². The van der Waals surface area contributed by atoms with Crippen molar-refractivity contribution in [3.8, 4) is 17.0 Å². The number of carboxylic acids is 1. The summed E-state index contributed by atoms with van der Waals surface area (Å²) in [5.41, 5.74) is 5.98. The second-order valence-electron chi connectivity index (χ2n) is 9.47. The predicted molar refractivity (Wildman–Crippen MR) is 141 cm³/mol. The number of hydrogen-bond acceptors (Lipinski definition) is 9. The van der Waals surface area contributed by atoms with Crippen molar-refractivity contribution in [1.82, 2.24) is 14.7 Å². The number of pyridine rings is 2. The van der Waals surface area contributed by atoms with Crippen LogP contribution in [0, 0.1) is 11.7 Å². The first-order valence-electron chi connectivity index (χ1n) is 12.2. The molecule has 0 saturated carbocycles. The number of rotatable bonds is 9. The summed E-state index contributed by atoms with van der Waals surface area (Å²) in [6.07, 6.45) is 0.823. The van der Waals surface area contributed by atoms with E-state index in [-0.39, 0.29) is 41.1 Å². The van der Waals surface area contributed by atoms with E-state index in [0.29, 0.717) is 25.0 Å². The van der Waals surface area contributed by atoms with Crippen molar-refractivity contribution in [3.05, 3.63) is 59.9 Å². The summed E-state index contributed by atoms with van der Waals surface area (Å²) in [6.45, 7) is 4.54. The van der Waals surface area contributed by atoms with E-state index in [1.165, 1.54) is 47.4 Å². The highest BCUT2D eigenvalue weighted by Crippen LogP contribution is 2.32. The van der Waals surface area contributed by atoms with Crippen molar-refractivity contribution in [1.29, 1.82) is 0 Å². The van der Waals surface area contributed by atoms with Crippen LogP contribution in [0.2, 0.25) is 0 Å². The SMILES string of the molecule is CC(C)COc1cc(F)cc(-c2ccc(C(=O)NS(=O)(=O)c3cccc(N)n3)c(N3CCCC3C(=O)O)n2)c1. The number of nitrogens with one attached hydrogen (secondary N) is 1. The number of aliphatic carboxylic acids is 1. The van der Waals surface area contributed by atoms with E-state index in [0.717, 1.165) is 0 Å². The lowest BCUT2D eigenvalue weighted by atomic mass is 10.1. The highest BCUT2D eigenvalue weighted by atomic mass is 32.2. The lowest BCUT2D eigenvalue weighted by molar-refractivity contribution is -0.138. The molecule has 4 N–H and O–H groups in total. The van der Waals surface area contributed by atoms with Gasteiger partial charge >= 0.3 is 5.97 Å². The van der Waals surface area contributed by atoms with Gasteiger partial charge < -0.3 is 20.5 Å². The largest absolute Gasteiger partial charge is 0.493 e. The lowest BCUT2D eigenvalue weighted by Crippen LogP contribution is -2.39. The standard InChI is InChI=1S/C26H28FN5O6S/c1-15(2)14-38-18-12-16(11-17(27)13-18)20-9-8-19(24(29-20)32-10-4-5-21(32)26(34)35)25(33)31-39(36,37)23-7-3-6-22(28)30-23/h3,6-9,11-13,15,21H,4-5,10,14H2,1-2H3,(H2,28,30)(H,31,33)(H,34,35). The number of aromatic nitrogens is 2. The molecule has 1 atom stereocenters. The Morgan fingerprint density at radius 1 is 1.21 bits per heavy atom. The molecule has 1 saturated heterocycles. The fourth-order valence-corrected chi connectivity index (χ4v) is 5.09. The van der Waals surface area contributed by atoms with Gasteiger partial charge in [0.2, 0.25) is 0 Å². The van der Waals surface area contributed by atoms with Crippen LogP contribution in [0.4, 0.5) is 16.0 Å². The van der Waals surface area contributed by atoms with E-state index >= 15 is 0 Å². The first-order valence-corrected chi connectivity index (χ1v) is 13.7. The van der Waals surface area contributed by atoms with Gasteiger partial charge in [-0.1, -0.05) is 19.9 Å². The minimum atomic E-state index is -4.41. The second kappa shape index (κ2) is 11.2. The van der Waals surface area contributed by atoms with Gasteiger partial charge in [0, 0.05) is 18.2 Å². The van der Waals surface area contributed by atoms with E-state index in [1.54, 1.807) is 6.07 Å². The molecule has 1 fully saturated rings. The Hall–Kier alpha value is -4.26. The molecule has 1 aromatic carbocycles. The summed E-state index contributed by atoms with van der Waals surface area (Å²) < 4.78 is 47.7. The topological polar surface area (TPSA) is 165 Å². The third-order valence-corrected chi connectivity index (χ3v) is 7.16. The molecule has 2 aromatic heterocycles. The van der Waals surface area contributed by atoms with Gasteiger partial charge in [-0.25, -0.2) is 23.9 Å². The normalized spacial score (nSPS) is 15.4. The molecule has 0 bridgehead atoms. The number of halogens is 1. The van der Waals surface area contributed by atoms with Gasteiger partial charge in [0.05, 0.1) is 17.9 Å². The van der Waals surface area contributed by atoms with Gasteiger partial charge in [-0.05, 0) is 55.2 Å². The van der Waals surface area contributed by atoms with Crippen molar-refractivity contribution in [2.75, 3.05) is 23.8 Å². The first kappa shape index (κ1) is 27.8. The monoisotopic (exact) mass is 557 g/mol. The first-order chi connectivity index (χ1) is 18.4. The van der Waals surface area contributed by atoms with Crippen molar-refractivity contribution in [2.45, 2.75) is 37.8 Å². The number of anilines is 2. The molecule has 3 aromatic rings. The molecule has 3 heterocycles. The Balaban J connectivity index is 1.76. The summed E-state index contributed by atoms with van der Waals surface area (Å²) in [7, 11) is -4.41. The third kappa shape index (κ3) is 6.42. The Kier molecular flexibility index (Phi) is 8.00. The molecule has 4 rings (SSSR count). The zero-order valence-electron chi connectivity index (χ0n) is 21.3. The zero-order valence-corrected chi connectivity index (χ0v) is 22.1. The van der Waals surface area contributed by atoms with Crippen LogP contribution >= 0.6 is 0 Å². The Bertz CT molecular complexity index is 1510. The average Bonchev–Trinajstić information content (AvgIpc) is 3.37. The van der Waals surface area contributed by atoms with Crippen molar-refractivity contribution < 1.29 is 32.2 Å². The number of nitrogen functional groups attached to an aromatic ring is 1. The van der Waals surface area contributed by atoms with Crippen LogP contribution in [0.15, 0.2) is 53.6 Å².